The fourth-order valence-corrected chi connectivity index (χ4v) is 2.20. The highest BCUT2D eigenvalue weighted by molar-refractivity contribution is 5.80. The van der Waals surface area contributed by atoms with Crippen LogP contribution in [0.1, 0.15) is 31.7 Å². The van der Waals surface area contributed by atoms with Gasteiger partial charge in [0.25, 0.3) is 0 Å². The first-order chi connectivity index (χ1) is 9.47. The summed E-state index contributed by atoms with van der Waals surface area (Å²) >= 11 is 0. The maximum absolute atomic E-state index is 12.8. The number of rotatable bonds is 5. The Labute approximate surface area is 116 Å². The first-order valence-corrected chi connectivity index (χ1v) is 6.59. The Bertz CT molecular complexity index is 497. The maximum Gasteiger partial charge on any atom is 0.508 e. The molecule has 0 spiro atoms. The third-order valence-electron chi connectivity index (χ3n) is 3.36. The fourth-order valence-electron chi connectivity index (χ4n) is 2.20. The number of cyclic esters (lactones) is 2. The Kier molecular flexibility index (Phi) is 4.37. The summed E-state index contributed by atoms with van der Waals surface area (Å²) in [5.74, 6) is -0.270. The molecule has 0 aromatic heterocycles. The minimum atomic E-state index is -0.769. The Morgan fingerprint density at radius 2 is 2.05 bits per heavy atom. The van der Waals surface area contributed by atoms with Crippen LogP contribution in [0, 0.1) is 5.82 Å². The van der Waals surface area contributed by atoms with Crippen molar-refractivity contribution in [1.82, 2.24) is 0 Å². The zero-order chi connectivity index (χ0) is 14.6. The van der Waals surface area contributed by atoms with Gasteiger partial charge in [-0.1, -0.05) is 12.1 Å². The van der Waals surface area contributed by atoms with Crippen LogP contribution in [0.5, 0.6) is 0 Å². The van der Waals surface area contributed by atoms with Gasteiger partial charge in [-0.2, -0.15) is 0 Å². The maximum atomic E-state index is 12.8. The van der Waals surface area contributed by atoms with Crippen LogP contribution in [0.4, 0.5) is 9.18 Å². The molecule has 0 radical (unpaired) electrons. The summed E-state index contributed by atoms with van der Waals surface area (Å²) in [5.41, 5.74) is 0.142. The van der Waals surface area contributed by atoms with E-state index in [4.69, 9.17) is 4.74 Å². The molecule has 0 amide bonds. The third kappa shape index (κ3) is 4.05. The van der Waals surface area contributed by atoms with Gasteiger partial charge in [-0.25, -0.2) is 9.18 Å². The second kappa shape index (κ2) is 6.03. The van der Waals surface area contributed by atoms with E-state index in [1.165, 1.54) is 12.1 Å². The molecule has 20 heavy (non-hydrogen) atoms. The number of ketones is 1. The molecule has 1 aromatic rings. The molecule has 4 nitrogen and oxygen atoms in total. The second-order valence-electron chi connectivity index (χ2n) is 5.24. The Morgan fingerprint density at radius 1 is 1.35 bits per heavy atom. The molecular weight excluding hydrogens is 263 g/mol. The van der Waals surface area contributed by atoms with Gasteiger partial charge in [0.05, 0.1) is 6.61 Å². The van der Waals surface area contributed by atoms with Crippen molar-refractivity contribution in [3.63, 3.8) is 0 Å². The Balaban J connectivity index is 1.83. The topological polar surface area (TPSA) is 52.6 Å². The normalized spacial score (nSPS) is 22.0. The van der Waals surface area contributed by atoms with Gasteiger partial charge in [0.1, 0.15) is 17.2 Å². The minimum Gasteiger partial charge on any atom is -0.434 e. The van der Waals surface area contributed by atoms with E-state index >= 15 is 0 Å². The van der Waals surface area contributed by atoms with E-state index in [2.05, 4.69) is 4.74 Å². The molecule has 1 unspecified atom stereocenters. The minimum absolute atomic E-state index is 0.0199. The number of aryl methyl sites for hydroxylation is 1. The number of benzene rings is 1. The smallest absolute Gasteiger partial charge is 0.434 e. The molecule has 5 heteroatoms. The van der Waals surface area contributed by atoms with E-state index in [9.17, 15) is 14.0 Å². The van der Waals surface area contributed by atoms with Crippen LogP contribution < -0.4 is 0 Å². The summed E-state index contributed by atoms with van der Waals surface area (Å²) in [6.45, 7) is 2.02. The number of carbonyl (C=O) groups is 2. The van der Waals surface area contributed by atoms with Crippen LogP contribution in [-0.4, -0.2) is 24.1 Å². The molecule has 0 N–H and O–H groups in total. The summed E-state index contributed by atoms with van der Waals surface area (Å²) in [5, 5.41) is 0. The molecule has 1 fully saturated rings. The van der Waals surface area contributed by atoms with Crippen molar-refractivity contribution in [2.45, 2.75) is 38.2 Å². The molecule has 1 heterocycles. The highest BCUT2D eigenvalue weighted by Gasteiger charge is 2.35. The number of hydrogen-bond donors (Lipinski definition) is 0. The summed E-state index contributed by atoms with van der Waals surface area (Å²) in [6.07, 6.45) is 0.883. The monoisotopic (exact) mass is 280 g/mol. The number of hydrogen-bond acceptors (Lipinski definition) is 4. The zero-order valence-electron chi connectivity index (χ0n) is 11.4. The van der Waals surface area contributed by atoms with Crippen molar-refractivity contribution in [2.24, 2.45) is 0 Å². The highest BCUT2D eigenvalue weighted by atomic mass is 19.1. The van der Waals surface area contributed by atoms with Gasteiger partial charge in [0.2, 0.25) is 0 Å². The van der Waals surface area contributed by atoms with E-state index in [-0.39, 0.29) is 24.6 Å². The number of ether oxygens (including phenoxy) is 2. The van der Waals surface area contributed by atoms with Crippen LogP contribution in [0.25, 0.3) is 0 Å². The number of Topliss-reactive ketones (excluding diaryl/α,β-unsaturated/α-hetero) is 1. The standard InChI is InChI=1S/C15H17FO4/c1-15(8-9-19-14(18)20-15)10-13(17)7-4-11-2-5-12(16)6-3-11/h2-3,5-6H,4,7-10H2,1H3. The molecule has 1 saturated heterocycles. The largest absolute Gasteiger partial charge is 0.508 e. The van der Waals surface area contributed by atoms with E-state index in [0.29, 0.717) is 19.3 Å². The SMILES string of the molecule is CC1(CC(=O)CCc2ccc(F)cc2)CCOC(=O)O1. The third-order valence-corrected chi connectivity index (χ3v) is 3.36. The predicted octanol–water partition coefficient (Wildman–Crippen LogP) is 3.03. The number of carbonyl (C=O) groups excluding carboxylic acids is 2. The summed E-state index contributed by atoms with van der Waals surface area (Å²) in [4.78, 5) is 23.0. The van der Waals surface area contributed by atoms with Crippen LogP contribution in [0.3, 0.4) is 0 Å². The van der Waals surface area contributed by atoms with Crippen molar-refractivity contribution in [2.75, 3.05) is 6.61 Å². The Hall–Kier alpha value is -1.91. The molecule has 2 rings (SSSR count). The molecule has 108 valence electrons. The lowest BCUT2D eigenvalue weighted by atomic mass is 9.92. The first kappa shape index (κ1) is 14.5. The molecule has 0 aliphatic carbocycles. The predicted molar refractivity (Wildman–Crippen MR) is 69.8 cm³/mol. The molecular formula is C15H17FO4. The molecule has 0 saturated carbocycles. The lowest BCUT2D eigenvalue weighted by Gasteiger charge is -2.32. The summed E-state index contributed by atoms with van der Waals surface area (Å²) in [6, 6.07) is 6.08. The van der Waals surface area contributed by atoms with Crippen molar-refractivity contribution in [3.05, 3.63) is 35.6 Å². The van der Waals surface area contributed by atoms with Crippen molar-refractivity contribution < 1.29 is 23.5 Å². The van der Waals surface area contributed by atoms with Gasteiger partial charge in [-0.3, -0.25) is 4.79 Å². The second-order valence-corrected chi connectivity index (χ2v) is 5.24. The van der Waals surface area contributed by atoms with Gasteiger partial charge in [0, 0.05) is 19.3 Å². The molecule has 1 aliphatic heterocycles. The van der Waals surface area contributed by atoms with E-state index in [1.54, 1.807) is 19.1 Å². The zero-order valence-corrected chi connectivity index (χ0v) is 11.4. The van der Waals surface area contributed by atoms with Gasteiger partial charge in [-0.15, -0.1) is 0 Å². The van der Waals surface area contributed by atoms with Gasteiger partial charge >= 0.3 is 6.16 Å². The average molecular weight is 280 g/mol. The van der Waals surface area contributed by atoms with Crippen LogP contribution in [0.15, 0.2) is 24.3 Å². The van der Waals surface area contributed by atoms with Crippen molar-refractivity contribution in [1.29, 1.82) is 0 Å². The summed E-state index contributed by atoms with van der Waals surface area (Å²) < 4.78 is 22.5. The average Bonchev–Trinajstić information content (AvgIpc) is 2.37. The van der Waals surface area contributed by atoms with Crippen LogP contribution in [0.2, 0.25) is 0 Å². The van der Waals surface area contributed by atoms with Gasteiger partial charge in [-0.05, 0) is 31.0 Å². The van der Waals surface area contributed by atoms with Crippen LogP contribution >= 0.6 is 0 Å². The Morgan fingerprint density at radius 3 is 2.70 bits per heavy atom. The highest BCUT2D eigenvalue weighted by Crippen LogP contribution is 2.26. The quantitative estimate of drug-likeness (QED) is 0.778. The molecule has 1 atom stereocenters. The lowest BCUT2D eigenvalue weighted by Crippen LogP contribution is -2.40. The molecule has 1 aromatic carbocycles. The van der Waals surface area contributed by atoms with Crippen molar-refractivity contribution in [3.8, 4) is 0 Å². The lowest BCUT2D eigenvalue weighted by molar-refractivity contribution is -0.128. The van der Waals surface area contributed by atoms with E-state index < -0.39 is 11.8 Å². The van der Waals surface area contributed by atoms with Gasteiger partial charge < -0.3 is 9.47 Å². The summed E-state index contributed by atoms with van der Waals surface area (Å²) in [7, 11) is 0. The molecule has 1 aliphatic rings. The van der Waals surface area contributed by atoms with Crippen LogP contribution in [-0.2, 0) is 20.7 Å². The van der Waals surface area contributed by atoms with Crippen molar-refractivity contribution >= 4 is 11.9 Å². The fraction of sp³-hybridized carbons (Fsp3) is 0.467. The van der Waals surface area contributed by atoms with Gasteiger partial charge in [0.15, 0.2) is 0 Å². The first-order valence-electron chi connectivity index (χ1n) is 6.59. The van der Waals surface area contributed by atoms with E-state index in [0.717, 1.165) is 5.56 Å². The number of halogens is 1. The van der Waals surface area contributed by atoms with E-state index in [1.807, 2.05) is 0 Å². The molecule has 0 bridgehead atoms.